The minimum atomic E-state index is -1.42. The minimum Gasteiger partial charge on any atom is -0.356 e. The third-order valence-electron chi connectivity index (χ3n) is 8.00. The zero-order valence-electron chi connectivity index (χ0n) is 19.2. The molecule has 3 aromatic rings. The van der Waals surface area contributed by atoms with Gasteiger partial charge in [0.25, 0.3) is 0 Å². The summed E-state index contributed by atoms with van der Waals surface area (Å²) in [6, 6.07) is 4.15. The third-order valence-corrected chi connectivity index (χ3v) is 8.21. The standard InChI is InChI=1S/C25H26ClF3N6/c26-20-10-22(31-13-30-20)34-11-14-4-5-15(12-34)18(14)9-21-32-25-17(3-1-2-8-35(25)33-21)16-6-7-19(27)24(29)23(16)28/h6-7,10,13-15,17-18H,1-5,8-9,11-12H2/t14-,15+,17?,18?. The molecule has 1 saturated carbocycles. The van der Waals surface area contributed by atoms with E-state index in [2.05, 4.69) is 14.9 Å². The van der Waals surface area contributed by atoms with Crippen molar-refractivity contribution in [3.8, 4) is 0 Å². The van der Waals surface area contributed by atoms with Gasteiger partial charge in [-0.2, -0.15) is 5.10 Å². The Hall–Kier alpha value is -2.68. The van der Waals surface area contributed by atoms with Crippen molar-refractivity contribution in [2.75, 3.05) is 18.0 Å². The first-order valence-electron chi connectivity index (χ1n) is 12.3. The fourth-order valence-electron chi connectivity index (χ4n) is 6.32. The van der Waals surface area contributed by atoms with E-state index in [9.17, 15) is 13.2 Å². The van der Waals surface area contributed by atoms with Crippen LogP contribution in [0.15, 0.2) is 24.5 Å². The van der Waals surface area contributed by atoms with E-state index in [1.54, 1.807) is 0 Å². The zero-order chi connectivity index (χ0) is 24.1. The maximum Gasteiger partial charge on any atom is 0.194 e. The molecule has 35 heavy (non-hydrogen) atoms. The number of aromatic nitrogens is 5. The first-order chi connectivity index (χ1) is 17.0. The van der Waals surface area contributed by atoms with Gasteiger partial charge in [-0.25, -0.2) is 32.8 Å². The first-order valence-corrected chi connectivity index (χ1v) is 12.6. The summed E-state index contributed by atoms with van der Waals surface area (Å²) in [7, 11) is 0. The van der Waals surface area contributed by atoms with E-state index in [4.69, 9.17) is 21.7 Å². The van der Waals surface area contributed by atoms with E-state index in [0.717, 1.165) is 62.9 Å². The molecule has 184 valence electrons. The monoisotopic (exact) mass is 502 g/mol. The molecule has 0 amide bonds. The molecule has 4 heterocycles. The molecular formula is C25H26ClF3N6. The van der Waals surface area contributed by atoms with E-state index in [0.29, 0.717) is 41.7 Å². The summed E-state index contributed by atoms with van der Waals surface area (Å²) in [5.41, 5.74) is 0.155. The quantitative estimate of drug-likeness (QED) is 0.364. The topological polar surface area (TPSA) is 59.7 Å². The SMILES string of the molecule is Fc1ccc(C2CCCCn3nc(CC4[C@@H]5CC[C@H]4CN(c4cc(Cl)ncn4)C5)nc32)c(F)c1F. The fourth-order valence-corrected chi connectivity index (χ4v) is 6.46. The molecule has 2 bridgehead atoms. The van der Waals surface area contributed by atoms with Crippen LogP contribution in [0.1, 0.15) is 55.2 Å². The van der Waals surface area contributed by atoms with Crippen LogP contribution in [0.2, 0.25) is 5.15 Å². The van der Waals surface area contributed by atoms with Gasteiger partial charge >= 0.3 is 0 Å². The molecule has 1 aromatic carbocycles. The summed E-state index contributed by atoms with van der Waals surface area (Å²) >= 11 is 6.07. The molecule has 3 aliphatic rings. The van der Waals surface area contributed by atoms with Crippen molar-refractivity contribution < 1.29 is 13.2 Å². The molecular weight excluding hydrogens is 477 g/mol. The maximum absolute atomic E-state index is 14.7. The lowest BCUT2D eigenvalue weighted by Crippen LogP contribution is -2.43. The lowest BCUT2D eigenvalue weighted by atomic mass is 9.82. The largest absolute Gasteiger partial charge is 0.356 e. The van der Waals surface area contributed by atoms with E-state index in [1.807, 2.05) is 10.7 Å². The molecule has 2 aliphatic heterocycles. The predicted molar refractivity (Wildman–Crippen MR) is 125 cm³/mol. The third kappa shape index (κ3) is 4.17. The van der Waals surface area contributed by atoms with Crippen molar-refractivity contribution in [3.05, 3.63) is 64.3 Å². The van der Waals surface area contributed by atoms with E-state index in [-0.39, 0.29) is 5.56 Å². The average molecular weight is 503 g/mol. The highest BCUT2D eigenvalue weighted by Crippen LogP contribution is 2.44. The molecule has 2 unspecified atom stereocenters. The van der Waals surface area contributed by atoms with Gasteiger partial charge in [0.15, 0.2) is 23.3 Å². The first kappa shape index (κ1) is 22.8. The Morgan fingerprint density at radius 3 is 2.54 bits per heavy atom. The highest BCUT2D eigenvalue weighted by molar-refractivity contribution is 6.29. The number of hydrogen-bond donors (Lipinski definition) is 0. The van der Waals surface area contributed by atoms with Gasteiger partial charge < -0.3 is 4.90 Å². The number of piperidine rings is 1. The van der Waals surface area contributed by atoms with Crippen molar-refractivity contribution in [2.24, 2.45) is 17.8 Å². The van der Waals surface area contributed by atoms with Gasteiger partial charge in [-0.1, -0.05) is 24.1 Å². The van der Waals surface area contributed by atoms with Crippen LogP contribution in [0.4, 0.5) is 19.0 Å². The van der Waals surface area contributed by atoms with Crippen molar-refractivity contribution in [2.45, 2.75) is 51.0 Å². The summed E-state index contributed by atoms with van der Waals surface area (Å²) in [5, 5.41) is 5.24. The normalized spacial score (nSPS) is 26.0. The Morgan fingerprint density at radius 1 is 0.971 bits per heavy atom. The number of fused-ring (bicyclic) bond motifs is 3. The smallest absolute Gasteiger partial charge is 0.194 e. The van der Waals surface area contributed by atoms with Crippen LogP contribution in [-0.4, -0.2) is 37.8 Å². The maximum atomic E-state index is 14.7. The highest BCUT2D eigenvalue weighted by atomic mass is 35.5. The number of aryl methyl sites for hydroxylation is 1. The van der Waals surface area contributed by atoms with Crippen LogP contribution in [-0.2, 0) is 13.0 Å². The molecule has 0 radical (unpaired) electrons. The number of hydrogen-bond acceptors (Lipinski definition) is 5. The summed E-state index contributed by atoms with van der Waals surface area (Å²) < 4.78 is 44.1. The van der Waals surface area contributed by atoms with Gasteiger partial charge in [0.05, 0.1) is 0 Å². The zero-order valence-corrected chi connectivity index (χ0v) is 19.9. The van der Waals surface area contributed by atoms with Gasteiger partial charge in [-0.05, 0) is 49.5 Å². The minimum absolute atomic E-state index is 0.155. The lowest BCUT2D eigenvalue weighted by molar-refractivity contribution is 0.264. The Morgan fingerprint density at radius 2 is 1.77 bits per heavy atom. The number of benzene rings is 1. The summed E-state index contributed by atoms with van der Waals surface area (Å²) in [4.78, 5) is 15.5. The van der Waals surface area contributed by atoms with Crippen molar-refractivity contribution in [1.82, 2.24) is 24.7 Å². The molecule has 0 spiro atoms. The second kappa shape index (κ2) is 9.08. The Labute approximate surface area is 206 Å². The van der Waals surface area contributed by atoms with Crippen molar-refractivity contribution in [1.29, 1.82) is 0 Å². The predicted octanol–water partition coefficient (Wildman–Crippen LogP) is 5.16. The van der Waals surface area contributed by atoms with E-state index < -0.39 is 23.4 Å². The van der Waals surface area contributed by atoms with Crippen LogP contribution < -0.4 is 4.90 Å². The second-order valence-electron chi connectivity index (χ2n) is 9.99. The van der Waals surface area contributed by atoms with Gasteiger partial charge in [-0.3, -0.25) is 0 Å². The van der Waals surface area contributed by atoms with Crippen LogP contribution >= 0.6 is 11.6 Å². The average Bonchev–Trinajstić information content (AvgIpc) is 3.25. The molecule has 0 N–H and O–H groups in total. The van der Waals surface area contributed by atoms with Gasteiger partial charge in [0, 0.05) is 43.6 Å². The lowest BCUT2D eigenvalue weighted by Gasteiger charge is -2.38. The molecule has 10 heteroatoms. The Kier molecular flexibility index (Phi) is 5.90. The Balaban J connectivity index is 1.24. The summed E-state index contributed by atoms with van der Waals surface area (Å²) in [5.74, 6) is -0.400. The molecule has 6 nitrogen and oxygen atoms in total. The molecule has 6 rings (SSSR count). The summed E-state index contributed by atoms with van der Waals surface area (Å²) in [6.07, 6.45) is 6.94. The number of rotatable bonds is 4. The summed E-state index contributed by atoms with van der Waals surface area (Å²) in [6.45, 7) is 2.51. The van der Waals surface area contributed by atoms with Gasteiger partial charge in [-0.15, -0.1) is 0 Å². The highest BCUT2D eigenvalue weighted by Gasteiger charge is 2.43. The number of nitrogens with zero attached hydrogens (tertiary/aromatic N) is 6. The number of anilines is 1. The van der Waals surface area contributed by atoms with Crippen LogP contribution in [0, 0.1) is 35.2 Å². The van der Waals surface area contributed by atoms with Gasteiger partial charge in [0.2, 0.25) is 0 Å². The Bertz CT molecular complexity index is 1240. The molecule has 1 saturated heterocycles. The molecule has 2 aromatic heterocycles. The molecule has 1 aliphatic carbocycles. The second-order valence-corrected chi connectivity index (χ2v) is 10.4. The van der Waals surface area contributed by atoms with Gasteiger partial charge in [0.1, 0.15) is 23.1 Å². The van der Waals surface area contributed by atoms with Crippen molar-refractivity contribution in [3.63, 3.8) is 0 Å². The molecule has 4 atom stereocenters. The van der Waals surface area contributed by atoms with Crippen molar-refractivity contribution >= 4 is 17.4 Å². The number of halogens is 4. The van der Waals surface area contributed by atoms with Crippen LogP contribution in [0.5, 0.6) is 0 Å². The van der Waals surface area contributed by atoms with Crippen LogP contribution in [0.3, 0.4) is 0 Å². The van der Waals surface area contributed by atoms with E-state index >= 15 is 0 Å². The van der Waals surface area contributed by atoms with Crippen LogP contribution in [0.25, 0.3) is 0 Å². The van der Waals surface area contributed by atoms with E-state index in [1.165, 1.54) is 12.4 Å². The fraction of sp³-hybridized carbons (Fsp3) is 0.520. The molecule has 2 fully saturated rings.